The van der Waals surface area contributed by atoms with E-state index in [0.29, 0.717) is 5.88 Å². The Hall–Kier alpha value is -0.640. The largest absolute Gasteiger partial charge is 0.223 e. The normalized spacial score (nSPS) is 9.89. The fourth-order valence-corrected chi connectivity index (χ4v) is 0.584. The number of tetrazole rings is 1. The molecule has 0 aliphatic rings. The third-order valence-electron chi connectivity index (χ3n) is 0.856. The number of hydrogen-bond acceptors (Lipinski definition) is 3. The first-order chi connectivity index (χ1) is 4.43. The fraction of sp³-hybridized carbons (Fsp3) is 0.750. The first-order valence-corrected chi connectivity index (χ1v) is 3.17. The van der Waals surface area contributed by atoms with Crippen molar-refractivity contribution in [2.24, 2.45) is 0 Å². The van der Waals surface area contributed by atoms with Crippen LogP contribution in [0.5, 0.6) is 0 Å². The van der Waals surface area contributed by atoms with Gasteiger partial charge in [-0.2, -0.15) is 0 Å². The Bertz CT molecular complexity index is 150. The van der Waals surface area contributed by atoms with E-state index in [1.54, 1.807) is 0 Å². The molecule has 0 saturated carbocycles. The van der Waals surface area contributed by atoms with Crippen molar-refractivity contribution < 1.29 is 0 Å². The molecule has 0 aromatic carbocycles. The second-order valence-electron chi connectivity index (χ2n) is 1.54. The lowest BCUT2D eigenvalue weighted by Gasteiger charge is -1.91. The SMILES string of the molecule is ClCCCn1[c]nnn1. The molecule has 1 aromatic heterocycles. The van der Waals surface area contributed by atoms with Crippen LogP contribution < -0.4 is 0 Å². The Morgan fingerprint density at radius 2 is 2.44 bits per heavy atom. The number of aryl methyl sites for hydroxylation is 1. The summed E-state index contributed by atoms with van der Waals surface area (Å²) in [6.45, 7) is 0.747. The molecule has 49 valence electrons. The second kappa shape index (κ2) is 3.40. The van der Waals surface area contributed by atoms with Gasteiger partial charge in [0.15, 0.2) is 0 Å². The van der Waals surface area contributed by atoms with E-state index < -0.39 is 0 Å². The van der Waals surface area contributed by atoms with E-state index in [2.05, 4.69) is 21.9 Å². The van der Waals surface area contributed by atoms with Crippen molar-refractivity contribution in [3.63, 3.8) is 0 Å². The summed E-state index contributed by atoms with van der Waals surface area (Å²) >= 11 is 5.42. The van der Waals surface area contributed by atoms with Crippen molar-refractivity contribution in [2.75, 3.05) is 5.88 Å². The summed E-state index contributed by atoms with van der Waals surface area (Å²) in [6.07, 6.45) is 3.44. The Morgan fingerprint density at radius 3 is 3.00 bits per heavy atom. The van der Waals surface area contributed by atoms with Crippen LogP contribution in [0.1, 0.15) is 6.42 Å². The van der Waals surface area contributed by atoms with Gasteiger partial charge in [0.05, 0.1) is 0 Å². The van der Waals surface area contributed by atoms with Crippen LogP contribution >= 0.6 is 11.6 Å². The maximum Gasteiger partial charge on any atom is 0.221 e. The monoisotopic (exact) mass is 145 g/mol. The van der Waals surface area contributed by atoms with Crippen LogP contribution in [0.2, 0.25) is 0 Å². The highest BCUT2D eigenvalue weighted by atomic mass is 35.5. The van der Waals surface area contributed by atoms with Gasteiger partial charge in [-0.15, -0.1) is 16.7 Å². The number of hydrogen-bond donors (Lipinski definition) is 0. The van der Waals surface area contributed by atoms with E-state index in [9.17, 15) is 0 Å². The highest BCUT2D eigenvalue weighted by Gasteiger charge is 1.89. The van der Waals surface area contributed by atoms with Gasteiger partial charge < -0.3 is 0 Å². The minimum atomic E-state index is 0.633. The lowest BCUT2D eigenvalue weighted by Crippen LogP contribution is -1.99. The first-order valence-electron chi connectivity index (χ1n) is 2.63. The van der Waals surface area contributed by atoms with E-state index >= 15 is 0 Å². The maximum atomic E-state index is 5.42. The molecule has 0 saturated heterocycles. The van der Waals surface area contributed by atoms with Crippen molar-refractivity contribution in [1.29, 1.82) is 0 Å². The Morgan fingerprint density at radius 1 is 1.56 bits per heavy atom. The summed E-state index contributed by atoms with van der Waals surface area (Å²) in [7, 11) is 0. The molecule has 0 bridgehead atoms. The molecule has 0 fully saturated rings. The average Bonchev–Trinajstić information content (AvgIpc) is 2.34. The average molecular weight is 146 g/mol. The topological polar surface area (TPSA) is 43.6 Å². The zero-order valence-electron chi connectivity index (χ0n) is 4.79. The Balaban J connectivity index is 2.30. The lowest BCUT2D eigenvalue weighted by atomic mass is 10.5. The summed E-state index contributed by atoms with van der Waals surface area (Å²) in [4.78, 5) is 0. The van der Waals surface area contributed by atoms with Crippen LogP contribution in [0.25, 0.3) is 0 Å². The smallest absolute Gasteiger partial charge is 0.221 e. The number of rotatable bonds is 3. The van der Waals surface area contributed by atoms with Gasteiger partial charge in [-0.3, -0.25) is 0 Å². The molecule has 0 unspecified atom stereocenters. The van der Waals surface area contributed by atoms with E-state index in [1.165, 1.54) is 4.68 Å². The molecule has 1 radical (unpaired) electrons. The zero-order chi connectivity index (χ0) is 6.53. The predicted molar refractivity (Wildman–Crippen MR) is 32.0 cm³/mol. The first kappa shape index (κ1) is 6.48. The molecule has 0 aliphatic heterocycles. The summed E-state index contributed by atoms with van der Waals surface area (Å²) in [6, 6.07) is 0. The summed E-state index contributed by atoms with van der Waals surface area (Å²) in [5, 5.41) is 10.3. The third kappa shape index (κ3) is 1.97. The van der Waals surface area contributed by atoms with Gasteiger partial charge >= 0.3 is 0 Å². The zero-order valence-corrected chi connectivity index (χ0v) is 5.54. The lowest BCUT2D eigenvalue weighted by molar-refractivity contribution is 0.577. The molecule has 1 rings (SSSR count). The summed E-state index contributed by atoms with van der Waals surface area (Å²) in [5.74, 6) is 0.633. The molecule has 1 heterocycles. The minimum Gasteiger partial charge on any atom is -0.223 e. The van der Waals surface area contributed by atoms with Gasteiger partial charge in [0, 0.05) is 12.4 Å². The molecule has 0 amide bonds. The quantitative estimate of drug-likeness (QED) is 0.567. The highest BCUT2D eigenvalue weighted by molar-refractivity contribution is 6.17. The van der Waals surface area contributed by atoms with E-state index in [0.717, 1.165) is 13.0 Å². The molecular weight excluding hydrogens is 140 g/mol. The van der Waals surface area contributed by atoms with Crippen molar-refractivity contribution in [3.8, 4) is 0 Å². The highest BCUT2D eigenvalue weighted by Crippen LogP contribution is 1.86. The van der Waals surface area contributed by atoms with Crippen molar-refractivity contribution in [1.82, 2.24) is 20.2 Å². The minimum absolute atomic E-state index is 0.633. The van der Waals surface area contributed by atoms with Crippen LogP contribution in [0, 0.1) is 6.33 Å². The molecule has 5 heteroatoms. The summed E-state index contributed by atoms with van der Waals surface area (Å²) in [5.41, 5.74) is 0. The Labute approximate surface area is 57.8 Å². The van der Waals surface area contributed by atoms with Crippen molar-refractivity contribution in [2.45, 2.75) is 13.0 Å². The van der Waals surface area contributed by atoms with E-state index in [1.807, 2.05) is 0 Å². The van der Waals surface area contributed by atoms with E-state index in [4.69, 9.17) is 11.6 Å². The number of aromatic nitrogens is 4. The van der Waals surface area contributed by atoms with Crippen LogP contribution in [0.3, 0.4) is 0 Å². The molecule has 9 heavy (non-hydrogen) atoms. The third-order valence-corrected chi connectivity index (χ3v) is 1.12. The molecule has 1 aromatic rings. The van der Waals surface area contributed by atoms with Gasteiger partial charge in [-0.25, -0.2) is 4.68 Å². The van der Waals surface area contributed by atoms with Crippen LogP contribution in [0.4, 0.5) is 0 Å². The molecule has 0 atom stereocenters. The standard InChI is InChI=1S/C4H6ClN4/c5-2-1-3-9-4-6-7-8-9/h1-3H2. The predicted octanol–water partition coefficient (Wildman–Crippen LogP) is 0.102. The van der Waals surface area contributed by atoms with Gasteiger partial charge in [-0.1, -0.05) is 0 Å². The van der Waals surface area contributed by atoms with Crippen LogP contribution in [0.15, 0.2) is 0 Å². The van der Waals surface area contributed by atoms with Gasteiger partial charge in [0.2, 0.25) is 6.33 Å². The maximum absolute atomic E-state index is 5.42. The number of halogens is 1. The molecule has 0 N–H and O–H groups in total. The fourth-order valence-electron chi connectivity index (χ4n) is 0.464. The molecule has 0 aliphatic carbocycles. The number of alkyl halides is 1. The molecule has 0 spiro atoms. The summed E-state index contributed by atoms with van der Waals surface area (Å²) < 4.78 is 1.53. The van der Waals surface area contributed by atoms with Gasteiger partial charge in [0.25, 0.3) is 0 Å². The van der Waals surface area contributed by atoms with Gasteiger partial charge in [-0.05, 0) is 16.8 Å². The van der Waals surface area contributed by atoms with Crippen molar-refractivity contribution in [3.05, 3.63) is 6.33 Å². The van der Waals surface area contributed by atoms with E-state index in [-0.39, 0.29) is 0 Å². The van der Waals surface area contributed by atoms with Crippen LogP contribution in [-0.2, 0) is 6.54 Å². The molecular formula is C4H6ClN4. The molecule has 4 nitrogen and oxygen atoms in total. The van der Waals surface area contributed by atoms with Gasteiger partial charge in [0.1, 0.15) is 0 Å². The van der Waals surface area contributed by atoms with Crippen molar-refractivity contribution >= 4 is 11.6 Å². The Kier molecular flexibility index (Phi) is 2.45. The number of nitrogens with zero attached hydrogens (tertiary/aromatic N) is 4. The van der Waals surface area contributed by atoms with Crippen LogP contribution in [-0.4, -0.2) is 26.1 Å². The second-order valence-corrected chi connectivity index (χ2v) is 1.92.